The van der Waals surface area contributed by atoms with Crippen LogP contribution in [0.25, 0.3) is 0 Å². The normalized spacial score (nSPS) is 23.8. The monoisotopic (exact) mass is 303 g/mol. The molecule has 22 heavy (non-hydrogen) atoms. The molecule has 0 aromatic carbocycles. The smallest absolute Gasteiger partial charge is 0.272 e. The molecule has 2 saturated heterocycles. The number of aromatic nitrogens is 1. The second kappa shape index (κ2) is 5.97. The van der Waals surface area contributed by atoms with Gasteiger partial charge in [0.15, 0.2) is 0 Å². The van der Waals surface area contributed by atoms with Crippen molar-refractivity contribution in [2.45, 2.75) is 25.8 Å². The lowest BCUT2D eigenvalue weighted by molar-refractivity contribution is -0.00830. The molecule has 0 saturated carbocycles. The molecule has 1 atom stereocenters. The van der Waals surface area contributed by atoms with Crippen LogP contribution in [0, 0.1) is 12.8 Å². The van der Waals surface area contributed by atoms with Crippen molar-refractivity contribution in [1.82, 2.24) is 14.8 Å². The molecule has 5 heteroatoms. The number of nitrogens with zero attached hydrogens (tertiary/aromatic N) is 3. The third-order valence-electron chi connectivity index (χ3n) is 4.96. The van der Waals surface area contributed by atoms with Crippen molar-refractivity contribution >= 4 is 5.91 Å². The summed E-state index contributed by atoms with van der Waals surface area (Å²) in [7, 11) is 2.16. The van der Waals surface area contributed by atoms with Crippen LogP contribution >= 0.6 is 0 Å². The summed E-state index contributed by atoms with van der Waals surface area (Å²) in [5.41, 5.74) is 1.78. The molecule has 3 rings (SSSR count). The first-order chi connectivity index (χ1) is 10.5. The molecule has 1 spiro atoms. The van der Waals surface area contributed by atoms with Gasteiger partial charge >= 0.3 is 0 Å². The van der Waals surface area contributed by atoms with Crippen LogP contribution in [0.3, 0.4) is 0 Å². The number of ether oxygens (including phenoxy) is 1. The fourth-order valence-corrected chi connectivity index (χ4v) is 3.67. The Morgan fingerprint density at radius 2 is 2.23 bits per heavy atom. The Kier molecular flexibility index (Phi) is 4.19. The van der Waals surface area contributed by atoms with Gasteiger partial charge in [0.05, 0.1) is 12.1 Å². The van der Waals surface area contributed by atoms with Gasteiger partial charge in [-0.15, -0.1) is 0 Å². The zero-order valence-corrected chi connectivity index (χ0v) is 13.7. The van der Waals surface area contributed by atoms with Gasteiger partial charge in [-0.05, 0) is 44.9 Å². The van der Waals surface area contributed by atoms with E-state index in [4.69, 9.17) is 4.74 Å². The third-order valence-corrected chi connectivity index (χ3v) is 4.96. The highest BCUT2D eigenvalue weighted by molar-refractivity contribution is 5.93. The van der Waals surface area contributed by atoms with E-state index in [0.29, 0.717) is 11.6 Å². The van der Waals surface area contributed by atoms with Gasteiger partial charge in [-0.2, -0.15) is 0 Å². The average Bonchev–Trinajstić information content (AvgIpc) is 2.80. The molecule has 0 radical (unpaired) electrons. The van der Waals surface area contributed by atoms with Crippen molar-refractivity contribution in [1.29, 1.82) is 0 Å². The van der Waals surface area contributed by atoms with Crippen LogP contribution in [0.5, 0.6) is 0 Å². The van der Waals surface area contributed by atoms with Crippen LogP contribution in [0.4, 0.5) is 0 Å². The highest BCUT2D eigenvalue weighted by Gasteiger charge is 2.53. The Morgan fingerprint density at radius 3 is 2.86 bits per heavy atom. The van der Waals surface area contributed by atoms with Gasteiger partial charge in [-0.1, -0.05) is 6.07 Å². The minimum absolute atomic E-state index is 0.0484. The summed E-state index contributed by atoms with van der Waals surface area (Å²) in [6.45, 7) is 8.29. The van der Waals surface area contributed by atoms with Crippen LogP contribution in [0.1, 0.15) is 29.4 Å². The first kappa shape index (κ1) is 15.4. The van der Waals surface area contributed by atoms with Crippen LogP contribution in [-0.4, -0.2) is 66.1 Å². The molecule has 3 heterocycles. The van der Waals surface area contributed by atoms with E-state index >= 15 is 0 Å². The molecule has 0 aliphatic carbocycles. The fourth-order valence-electron chi connectivity index (χ4n) is 3.67. The largest absolute Gasteiger partial charge is 0.381 e. The van der Waals surface area contributed by atoms with Crippen LogP contribution < -0.4 is 0 Å². The molecular weight excluding hydrogens is 278 g/mol. The maximum Gasteiger partial charge on any atom is 0.272 e. The fraction of sp³-hybridized carbons (Fsp3) is 0.647. The van der Waals surface area contributed by atoms with Gasteiger partial charge in [0.25, 0.3) is 5.91 Å². The minimum Gasteiger partial charge on any atom is -0.381 e. The Labute approximate surface area is 132 Å². The number of pyridine rings is 1. The summed E-state index contributed by atoms with van der Waals surface area (Å²) >= 11 is 0. The predicted molar refractivity (Wildman–Crippen MR) is 84.8 cm³/mol. The Hall–Kier alpha value is -1.46. The molecule has 2 aliphatic heterocycles. The zero-order valence-electron chi connectivity index (χ0n) is 13.7. The van der Waals surface area contributed by atoms with Crippen molar-refractivity contribution in [3.8, 4) is 0 Å². The number of hydrogen-bond donors (Lipinski definition) is 0. The summed E-state index contributed by atoms with van der Waals surface area (Å²) in [6.07, 6.45) is 2.87. The molecular formula is C17H25N3O2. The molecule has 1 amide bonds. The number of likely N-dealkylation sites (tertiary alicyclic amines) is 2. The number of rotatable bonds is 4. The van der Waals surface area contributed by atoms with Crippen molar-refractivity contribution in [2.75, 3.05) is 39.9 Å². The highest BCUT2D eigenvalue weighted by Crippen LogP contribution is 2.39. The SMILES string of the molecule is CCOC[C@@H]1CN(C)C2(C1)CN(C(=O)c1ccc(C)cn1)C2. The van der Waals surface area contributed by atoms with Crippen molar-refractivity contribution in [3.05, 3.63) is 29.6 Å². The van der Waals surface area contributed by atoms with E-state index in [1.54, 1.807) is 6.20 Å². The number of carbonyl (C=O) groups excluding carboxylic acids is 1. The molecule has 2 fully saturated rings. The molecule has 5 nitrogen and oxygen atoms in total. The van der Waals surface area contributed by atoms with Crippen LogP contribution in [-0.2, 0) is 4.74 Å². The maximum absolute atomic E-state index is 12.5. The van der Waals surface area contributed by atoms with Crippen molar-refractivity contribution in [2.24, 2.45) is 5.92 Å². The minimum atomic E-state index is 0.0484. The number of hydrogen-bond acceptors (Lipinski definition) is 4. The van der Waals surface area contributed by atoms with Gasteiger partial charge in [-0.25, -0.2) is 0 Å². The van der Waals surface area contributed by atoms with E-state index in [0.717, 1.165) is 44.8 Å². The lowest BCUT2D eigenvalue weighted by Gasteiger charge is -2.51. The molecule has 120 valence electrons. The zero-order chi connectivity index (χ0) is 15.7. The maximum atomic E-state index is 12.5. The van der Waals surface area contributed by atoms with E-state index in [1.807, 2.05) is 30.9 Å². The Bertz CT molecular complexity index is 537. The summed E-state index contributed by atoms with van der Waals surface area (Å²) < 4.78 is 5.57. The average molecular weight is 303 g/mol. The number of likely N-dealkylation sites (N-methyl/N-ethyl adjacent to an activating group) is 1. The van der Waals surface area contributed by atoms with Crippen molar-refractivity contribution in [3.63, 3.8) is 0 Å². The second-order valence-electron chi connectivity index (χ2n) is 6.72. The summed E-state index contributed by atoms with van der Waals surface area (Å²) in [4.78, 5) is 21.0. The molecule has 1 aromatic heterocycles. The van der Waals surface area contributed by atoms with Gasteiger partial charge in [0.1, 0.15) is 5.69 Å². The van der Waals surface area contributed by atoms with Gasteiger partial charge in [-0.3, -0.25) is 14.7 Å². The van der Waals surface area contributed by atoms with Gasteiger partial charge < -0.3 is 9.64 Å². The Balaban J connectivity index is 1.59. The lowest BCUT2D eigenvalue weighted by Crippen LogP contribution is -2.68. The topological polar surface area (TPSA) is 45.7 Å². The quantitative estimate of drug-likeness (QED) is 0.847. The van der Waals surface area contributed by atoms with Crippen LogP contribution in [0.2, 0.25) is 0 Å². The Morgan fingerprint density at radius 1 is 1.45 bits per heavy atom. The van der Waals surface area contributed by atoms with Crippen LogP contribution in [0.15, 0.2) is 18.3 Å². The lowest BCUT2D eigenvalue weighted by atomic mass is 9.84. The van der Waals surface area contributed by atoms with Crippen molar-refractivity contribution < 1.29 is 9.53 Å². The molecule has 2 aliphatic rings. The summed E-state index contributed by atoms with van der Waals surface area (Å²) in [5.74, 6) is 0.631. The molecule has 0 unspecified atom stereocenters. The van der Waals surface area contributed by atoms with E-state index in [9.17, 15) is 4.79 Å². The molecule has 0 N–H and O–H groups in total. The van der Waals surface area contributed by atoms with Gasteiger partial charge in [0, 0.05) is 32.4 Å². The first-order valence-corrected chi connectivity index (χ1v) is 8.05. The van der Waals surface area contributed by atoms with E-state index in [2.05, 4.69) is 16.9 Å². The number of carbonyl (C=O) groups is 1. The third kappa shape index (κ3) is 2.75. The van der Waals surface area contributed by atoms with Gasteiger partial charge in [0.2, 0.25) is 0 Å². The number of amides is 1. The first-order valence-electron chi connectivity index (χ1n) is 8.05. The predicted octanol–water partition coefficient (Wildman–Crippen LogP) is 1.57. The van der Waals surface area contributed by atoms with E-state index in [1.165, 1.54) is 0 Å². The van der Waals surface area contributed by atoms with E-state index in [-0.39, 0.29) is 11.4 Å². The summed E-state index contributed by atoms with van der Waals surface area (Å²) in [6, 6.07) is 3.76. The summed E-state index contributed by atoms with van der Waals surface area (Å²) in [5, 5.41) is 0. The second-order valence-corrected chi connectivity index (χ2v) is 6.72. The molecule has 1 aromatic rings. The molecule has 0 bridgehead atoms. The van der Waals surface area contributed by atoms with E-state index < -0.39 is 0 Å². The number of aryl methyl sites for hydroxylation is 1. The standard InChI is InChI=1S/C17H25N3O2/c1-4-22-10-14-7-17(19(3)9-14)11-20(12-17)16(21)15-6-5-13(2)8-18-15/h5-6,8,14H,4,7,9-12H2,1-3H3/t14-/m0/s1. The highest BCUT2D eigenvalue weighted by atomic mass is 16.5.